The third kappa shape index (κ3) is 3.02. The van der Waals surface area contributed by atoms with Crippen molar-refractivity contribution >= 4 is 0 Å². The summed E-state index contributed by atoms with van der Waals surface area (Å²) >= 11 is 0. The van der Waals surface area contributed by atoms with Crippen molar-refractivity contribution in [3.8, 4) is 0 Å². The molecule has 6 heteroatoms. The first-order valence-corrected chi connectivity index (χ1v) is 4.07. The van der Waals surface area contributed by atoms with Gasteiger partial charge in [0.1, 0.15) is 5.76 Å². The number of alkyl halides is 3. The second-order valence-electron chi connectivity index (χ2n) is 3.00. The predicted octanol–water partition coefficient (Wildman–Crippen LogP) is 2.57. The average molecular weight is 221 g/mol. The van der Waals surface area contributed by atoms with Gasteiger partial charge in [-0.3, -0.25) is 5.21 Å². The topological polar surface area (TPSA) is 32.7 Å². The molecule has 0 aromatic rings. The molecule has 1 heterocycles. The quantitative estimate of drug-likeness (QED) is 0.777. The van der Waals surface area contributed by atoms with Gasteiger partial charge in [0.25, 0.3) is 0 Å². The van der Waals surface area contributed by atoms with E-state index in [1.54, 1.807) is 0 Å². The second kappa shape index (κ2) is 3.98. The molecule has 1 aliphatic rings. The van der Waals surface area contributed by atoms with Gasteiger partial charge in [0.15, 0.2) is 6.61 Å². The zero-order chi connectivity index (χ0) is 11.6. The fourth-order valence-corrected chi connectivity index (χ4v) is 0.983. The largest absolute Gasteiger partial charge is 0.484 e. The van der Waals surface area contributed by atoms with E-state index >= 15 is 0 Å². The van der Waals surface area contributed by atoms with Crippen molar-refractivity contribution in [3.63, 3.8) is 0 Å². The molecule has 0 atom stereocenters. The Morgan fingerprint density at radius 2 is 2.13 bits per heavy atom. The van der Waals surface area contributed by atoms with Crippen LogP contribution in [0.2, 0.25) is 0 Å². The lowest BCUT2D eigenvalue weighted by molar-refractivity contribution is -0.164. The number of ether oxygens (including phenoxy) is 1. The maximum Gasteiger partial charge on any atom is 0.422 e. The van der Waals surface area contributed by atoms with E-state index in [1.807, 2.05) is 0 Å². The molecule has 3 nitrogen and oxygen atoms in total. The summed E-state index contributed by atoms with van der Waals surface area (Å²) in [5.41, 5.74) is 0.555. The highest BCUT2D eigenvalue weighted by molar-refractivity contribution is 5.37. The number of hydrogen-bond acceptors (Lipinski definition) is 3. The van der Waals surface area contributed by atoms with E-state index in [1.165, 1.54) is 19.2 Å². The van der Waals surface area contributed by atoms with Crippen LogP contribution in [-0.4, -0.2) is 23.1 Å². The van der Waals surface area contributed by atoms with Crippen LogP contribution in [-0.2, 0) is 4.74 Å². The monoisotopic (exact) mass is 221 g/mol. The van der Waals surface area contributed by atoms with Crippen LogP contribution in [0.3, 0.4) is 0 Å². The molecule has 0 spiro atoms. The molecular weight excluding hydrogens is 211 g/mol. The lowest BCUT2D eigenvalue weighted by atomic mass is 10.1. The Morgan fingerprint density at radius 3 is 2.67 bits per heavy atom. The van der Waals surface area contributed by atoms with E-state index in [-0.39, 0.29) is 11.5 Å². The van der Waals surface area contributed by atoms with Gasteiger partial charge >= 0.3 is 6.18 Å². The molecule has 0 aromatic heterocycles. The molecule has 1 aliphatic heterocycles. The third-order valence-corrected chi connectivity index (χ3v) is 1.84. The SMILES string of the molecule is C=C1C(C)=C(OCC(F)(F)F)C=CN1O. The normalized spacial score (nSPS) is 17.4. The fourth-order valence-electron chi connectivity index (χ4n) is 0.983. The van der Waals surface area contributed by atoms with Gasteiger partial charge in [-0.15, -0.1) is 0 Å². The smallest absolute Gasteiger partial charge is 0.422 e. The minimum absolute atomic E-state index is 0.0580. The molecule has 0 amide bonds. The number of rotatable bonds is 2. The van der Waals surface area contributed by atoms with E-state index in [2.05, 4.69) is 11.3 Å². The molecule has 0 aliphatic carbocycles. The summed E-state index contributed by atoms with van der Waals surface area (Å²) in [6.45, 7) is 3.63. The molecule has 0 fully saturated rings. The van der Waals surface area contributed by atoms with Crippen molar-refractivity contribution in [1.82, 2.24) is 5.06 Å². The maximum absolute atomic E-state index is 11.9. The predicted molar refractivity (Wildman–Crippen MR) is 46.6 cm³/mol. The summed E-state index contributed by atoms with van der Waals surface area (Å²) in [4.78, 5) is 0. The molecule has 0 radical (unpaired) electrons. The van der Waals surface area contributed by atoms with Crippen molar-refractivity contribution in [1.29, 1.82) is 0 Å². The van der Waals surface area contributed by atoms with Crippen molar-refractivity contribution in [3.05, 3.63) is 35.9 Å². The molecule has 0 saturated heterocycles. The standard InChI is InChI=1S/C9H10F3NO2/c1-6-7(2)13(14)4-3-8(6)15-5-9(10,11)12/h3-4,14H,2,5H2,1H3. The van der Waals surface area contributed by atoms with Crippen LogP contribution in [0.4, 0.5) is 13.2 Å². The van der Waals surface area contributed by atoms with Gasteiger partial charge in [0.2, 0.25) is 0 Å². The lowest BCUT2D eigenvalue weighted by Gasteiger charge is -2.22. The van der Waals surface area contributed by atoms with Gasteiger partial charge < -0.3 is 4.74 Å². The minimum Gasteiger partial charge on any atom is -0.484 e. The number of halogens is 3. The molecule has 0 aromatic carbocycles. The van der Waals surface area contributed by atoms with Gasteiger partial charge in [0, 0.05) is 11.8 Å². The van der Waals surface area contributed by atoms with Crippen LogP contribution in [0.15, 0.2) is 35.9 Å². The fraction of sp³-hybridized carbons (Fsp3) is 0.333. The van der Waals surface area contributed by atoms with E-state index in [9.17, 15) is 13.2 Å². The van der Waals surface area contributed by atoms with Crippen molar-refractivity contribution in [2.75, 3.05) is 6.61 Å². The van der Waals surface area contributed by atoms with Gasteiger partial charge in [-0.05, 0) is 13.0 Å². The summed E-state index contributed by atoms with van der Waals surface area (Å²) < 4.78 is 40.1. The Hall–Kier alpha value is -1.43. The Kier molecular flexibility index (Phi) is 3.09. The summed E-state index contributed by atoms with van der Waals surface area (Å²) in [7, 11) is 0. The Balaban J connectivity index is 2.71. The van der Waals surface area contributed by atoms with Crippen molar-refractivity contribution in [2.24, 2.45) is 0 Å². The molecule has 0 unspecified atom stereocenters. The van der Waals surface area contributed by atoms with Gasteiger partial charge in [0.05, 0.1) is 5.70 Å². The van der Waals surface area contributed by atoms with Gasteiger partial charge in [-0.2, -0.15) is 13.2 Å². The third-order valence-electron chi connectivity index (χ3n) is 1.84. The Bertz CT molecular complexity index is 331. The zero-order valence-electron chi connectivity index (χ0n) is 8.01. The zero-order valence-corrected chi connectivity index (χ0v) is 8.01. The van der Waals surface area contributed by atoms with Crippen molar-refractivity contribution in [2.45, 2.75) is 13.1 Å². The molecule has 15 heavy (non-hydrogen) atoms. The van der Waals surface area contributed by atoms with Crippen LogP contribution >= 0.6 is 0 Å². The summed E-state index contributed by atoms with van der Waals surface area (Å²) in [5, 5.41) is 9.85. The van der Waals surface area contributed by atoms with E-state index in [0.29, 0.717) is 5.57 Å². The Labute approximate surface area is 84.7 Å². The van der Waals surface area contributed by atoms with Crippen molar-refractivity contribution < 1.29 is 23.1 Å². The van der Waals surface area contributed by atoms with Gasteiger partial charge in [-0.25, -0.2) is 5.06 Å². The first-order chi connectivity index (χ1) is 6.81. The van der Waals surface area contributed by atoms with Crippen LogP contribution in [0.5, 0.6) is 0 Å². The first kappa shape index (κ1) is 11.6. The highest BCUT2D eigenvalue weighted by atomic mass is 19.4. The second-order valence-corrected chi connectivity index (χ2v) is 3.00. The molecule has 1 rings (SSSR count). The van der Waals surface area contributed by atoms with Crippen LogP contribution < -0.4 is 0 Å². The van der Waals surface area contributed by atoms with Crippen LogP contribution in [0.25, 0.3) is 0 Å². The summed E-state index contributed by atoms with van der Waals surface area (Å²) in [6.07, 6.45) is -1.96. The number of hydrogen-bond donors (Lipinski definition) is 1. The Morgan fingerprint density at radius 1 is 1.53 bits per heavy atom. The van der Waals surface area contributed by atoms with E-state index in [4.69, 9.17) is 5.21 Å². The minimum atomic E-state index is -4.38. The number of nitrogens with zero attached hydrogens (tertiary/aromatic N) is 1. The molecule has 0 bridgehead atoms. The maximum atomic E-state index is 11.9. The number of allylic oxidation sites excluding steroid dienone is 2. The first-order valence-electron chi connectivity index (χ1n) is 4.07. The molecule has 84 valence electrons. The van der Waals surface area contributed by atoms with E-state index in [0.717, 1.165) is 5.06 Å². The molecular formula is C9H10F3NO2. The van der Waals surface area contributed by atoms with Crippen LogP contribution in [0, 0.1) is 0 Å². The lowest BCUT2D eigenvalue weighted by Crippen LogP contribution is -2.20. The van der Waals surface area contributed by atoms with E-state index < -0.39 is 12.8 Å². The average Bonchev–Trinajstić information content (AvgIpc) is 2.12. The summed E-state index contributed by atoms with van der Waals surface area (Å²) in [6, 6.07) is 0. The van der Waals surface area contributed by atoms with Gasteiger partial charge in [-0.1, -0.05) is 6.58 Å². The summed E-state index contributed by atoms with van der Waals surface area (Å²) in [5.74, 6) is 0.0580. The number of hydroxylamine groups is 2. The highest BCUT2D eigenvalue weighted by Crippen LogP contribution is 2.25. The highest BCUT2D eigenvalue weighted by Gasteiger charge is 2.29. The molecule has 0 saturated carbocycles. The van der Waals surface area contributed by atoms with Crippen LogP contribution in [0.1, 0.15) is 6.92 Å². The molecule has 1 N–H and O–H groups in total.